The fourth-order valence-electron chi connectivity index (χ4n) is 1.68. The number of hydrogen-bond donors (Lipinski definition) is 1. The fourth-order valence-corrected chi connectivity index (χ4v) is 2.35. The van der Waals surface area contributed by atoms with Crippen LogP contribution in [0.5, 0.6) is 16.7 Å². The van der Waals surface area contributed by atoms with E-state index in [1.165, 1.54) is 11.3 Å². The minimum absolute atomic E-state index is 0.528. The van der Waals surface area contributed by atoms with Gasteiger partial charge in [0.1, 0.15) is 5.01 Å². The fraction of sp³-hybridized carbons (Fsp3) is 0.429. The van der Waals surface area contributed by atoms with Crippen LogP contribution in [0.4, 0.5) is 0 Å². The number of benzene rings is 1. The van der Waals surface area contributed by atoms with Crippen molar-refractivity contribution in [3.05, 3.63) is 28.8 Å². The maximum Gasteiger partial charge on any atom is 0.299 e. The van der Waals surface area contributed by atoms with E-state index in [9.17, 15) is 0 Å². The number of methoxy groups -OCH3 is 1. The summed E-state index contributed by atoms with van der Waals surface area (Å²) < 4.78 is 11.0. The van der Waals surface area contributed by atoms with E-state index >= 15 is 0 Å². The number of ether oxygens (including phenoxy) is 2. The molecule has 0 bridgehead atoms. The molecule has 0 atom stereocenters. The molecular formula is C14H19N3O2S. The lowest BCUT2D eigenvalue weighted by Crippen LogP contribution is -2.13. The van der Waals surface area contributed by atoms with Gasteiger partial charge < -0.3 is 14.8 Å². The quantitative estimate of drug-likeness (QED) is 0.795. The van der Waals surface area contributed by atoms with Crippen LogP contribution in [0, 0.1) is 6.92 Å². The van der Waals surface area contributed by atoms with Crippen LogP contribution in [0.3, 0.4) is 0 Å². The Morgan fingerprint density at radius 3 is 2.85 bits per heavy atom. The summed E-state index contributed by atoms with van der Waals surface area (Å²) >= 11 is 1.44. The maximum atomic E-state index is 5.73. The first-order chi connectivity index (χ1) is 9.72. The van der Waals surface area contributed by atoms with Gasteiger partial charge in [-0.3, -0.25) is 0 Å². The molecule has 6 heteroatoms. The monoisotopic (exact) mass is 293 g/mol. The Labute approximate surface area is 123 Å². The van der Waals surface area contributed by atoms with Gasteiger partial charge in [-0.2, -0.15) is 0 Å². The molecule has 2 rings (SSSR count). The highest BCUT2D eigenvalue weighted by molar-refractivity contribution is 7.13. The molecule has 2 aromatic rings. The summed E-state index contributed by atoms with van der Waals surface area (Å²) in [4.78, 5) is 0. The average Bonchev–Trinajstić information content (AvgIpc) is 2.89. The summed E-state index contributed by atoms with van der Waals surface area (Å²) in [5, 5.41) is 12.9. The van der Waals surface area contributed by atoms with Crippen molar-refractivity contribution >= 4 is 11.3 Å². The van der Waals surface area contributed by atoms with Crippen molar-refractivity contribution in [3.63, 3.8) is 0 Å². The third kappa shape index (κ3) is 3.91. The molecule has 1 aromatic carbocycles. The van der Waals surface area contributed by atoms with Gasteiger partial charge in [0, 0.05) is 6.54 Å². The van der Waals surface area contributed by atoms with E-state index in [0.29, 0.717) is 16.7 Å². The van der Waals surface area contributed by atoms with Crippen LogP contribution >= 0.6 is 11.3 Å². The zero-order valence-electron chi connectivity index (χ0n) is 12.0. The van der Waals surface area contributed by atoms with E-state index < -0.39 is 0 Å². The van der Waals surface area contributed by atoms with Crippen LogP contribution in [-0.2, 0) is 6.54 Å². The minimum Gasteiger partial charge on any atom is -0.493 e. The number of aromatic nitrogens is 2. The van der Waals surface area contributed by atoms with Gasteiger partial charge in [-0.1, -0.05) is 29.4 Å². The minimum atomic E-state index is 0.528. The van der Waals surface area contributed by atoms with E-state index in [0.717, 1.165) is 30.1 Å². The second-order valence-electron chi connectivity index (χ2n) is 4.39. The summed E-state index contributed by atoms with van der Waals surface area (Å²) in [6.07, 6.45) is 1.10. The first-order valence-electron chi connectivity index (χ1n) is 6.58. The highest BCUT2D eigenvalue weighted by Crippen LogP contribution is 2.33. The number of nitrogens with zero attached hydrogens (tertiary/aromatic N) is 2. The molecule has 1 heterocycles. The molecule has 0 unspecified atom stereocenters. The van der Waals surface area contributed by atoms with E-state index in [2.05, 4.69) is 22.4 Å². The average molecular weight is 293 g/mol. The van der Waals surface area contributed by atoms with Crippen LogP contribution in [0.2, 0.25) is 0 Å². The second-order valence-corrected chi connectivity index (χ2v) is 5.42. The van der Waals surface area contributed by atoms with E-state index in [-0.39, 0.29) is 0 Å². The molecule has 1 N–H and O–H groups in total. The van der Waals surface area contributed by atoms with Gasteiger partial charge in [-0.15, -0.1) is 5.10 Å². The Morgan fingerprint density at radius 1 is 1.25 bits per heavy atom. The third-order valence-corrected chi connectivity index (χ3v) is 3.47. The van der Waals surface area contributed by atoms with Crippen molar-refractivity contribution < 1.29 is 9.47 Å². The standard InChI is InChI=1S/C14H19N3O2S/c1-4-7-15-9-13-16-17-14(20-13)19-11-6-5-10(2)8-12(11)18-3/h5-6,8,15H,4,7,9H2,1-3H3. The Hall–Kier alpha value is -1.66. The van der Waals surface area contributed by atoms with Crippen LogP contribution in [0.25, 0.3) is 0 Å². The van der Waals surface area contributed by atoms with Gasteiger partial charge in [-0.05, 0) is 37.6 Å². The molecule has 0 saturated heterocycles. The Morgan fingerprint density at radius 2 is 2.10 bits per heavy atom. The van der Waals surface area contributed by atoms with E-state index in [1.54, 1.807) is 7.11 Å². The Kier molecular flexibility index (Phi) is 5.31. The highest BCUT2D eigenvalue weighted by atomic mass is 32.1. The third-order valence-electron chi connectivity index (χ3n) is 2.67. The molecule has 20 heavy (non-hydrogen) atoms. The number of hydrogen-bond acceptors (Lipinski definition) is 6. The zero-order valence-corrected chi connectivity index (χ0v) is 12.8. The zero-order chi connectivity index (χ0) is 14.4. The molecule has 0 fully saturated rings. The van der Waals surface area contributed by atoms with Crippen molar-refractivity contribution in [2.75, 3.05) is 13.7 Å². The van der Waals surface area contributed by atoms with Crippen LogP contribution < -0.4 is 14.8 Å². The van der Waals surface area contributed by atoms with E-state index in [4.69, 9.17) is 9.47 Å². The maximum absolute atomic E-state index is 5.73. The van der Waals surface area contributed by atoms with Crippen LogP contribution in [0.15, 0.2) is 18.2 Å². The molecule has 1 aromatic heterocycles. The van der Waals surface area contributed by atoms with Crippen molar-refractivity contribution in [1.82, 2.24) is 15.5 Å². The molecule has 0 amide bonds. The normalized spacial score (nSPS) is 10.6. The van der Waals surface area contributed by atoms with Crippen molar-refractivity contribution in [2.45, 2.75) is 26.8 Å². The molecule has 5 nitrogen and oxygen atoms in total. The lowest BCUT2D eigenvalue weighted by Gasteiger charge is -2.08. The first kappa shape index (κ1) is 14.7. The van der Waals surface area contributed by atoms with Crippen molar-refractivity contribution in [1.29, 1.82) is 0 Å². The number of aryl methyl sites for hydroxylation is 1. The Bertz CT molecular complexity index is 557. The molecule has 0 aliphatic rings. The van der Waals surface area contributed by atoms with Gasteiger partial charge in [0.05, 0.1) is 7.11 Å². The molecule has 0 spiro atoms. The molecular weight excluding hydrogens is 274 g/mol. The van der Waals surface area contributed by atoms with Gasteiger partial charge in [0.15, 0.2) is 11.5 Å². The summed E-state index contributed by atoms with van der Waals surface area (Å²) in [6.45, 7) is 5.83. The largest absolute Gasteiger partial charge is 0.493 e. The SMILES string of the molecule is CCCNCc1nnc(Oc2ccc(C)cc2OC)s1. The van der Waals surface area contributed by atoms with Crippen molar-refractivity contribution in [3.8, 4) is 16.7 Å². The lowest BCUT2D eigenvalue weighted by atomic mass is 10.2. The van der Waals surface area contributed by atoms with Gasteiger partial charge in [-0.25, -0.2) is 0 Å². The lowest BCUT2D eigenvalue weighted by molar-refractivity contribution is 0.376. The molecule has 0 aliphatic carbocycles. The number of rotatable bonds is 7. The topological polar surface area (TPSA) is 56.3 Å². The van der Waals surface area contributed by atoms with Gasteiger partial charge >= 0.3 is 0 Å². The molecule has 0 radical (unpaired) electrons. The van der Waals surface area contributed by atoms with E-state index in [1.807, 2.05) is 25.1 Å². The summed E-state index contributed by atoms with van der Waals surface area (Å²) in [5.74, 6) is 1.35. The smallest absolute Gasteiger partial charge is 0.299 e. The van der Waals surface area contributed by atoms with Crippen LogP contribution in [0.1, 0.15) is 23.9 Å². The second kappa shape index (κ2) is 7.21. The number of nitrogens with one attached hydrogen (secondary N) is 1. The summed E-state index contributed by atoms with van der Waals surface area (Å²) in [5.41, 5.74) is 1.12. The highest BCUT2D eigenvalue weighted by Gasteiger charge is 2.10. The molecule has 0 aliphatic heterocycles. The summed E-state index contributed by atoms with van der Waals surface area (Å²) in [7, 11) is 1.63. The predicted octanol–water partition coefficient (Wildman–Crippen LogP) is 3.15. The summed E-state index contributed by atoms with van der Waals surface area (Å²) in [6, 6.07) is 5.78. The van der Waals surface area contributed by atoms with Crippen LogP contribution in [-0.4, -0.2) is 23.9 Å². The van der Waals surface area contributed by atoms with Gasteiger partial charge in [0.2, 0.25) is 0 Å². The Balaban J connectivity index is 2.03. The molecule has 108 valence electrons. The van der Waals surface area contributed by atoms with Gasteiger partial charge in [0.25, 0.3) is 5.19 Å². The molecule has 0 saturated carbocycles. The first-order valence-corrected chi connectivity index (χ1v) is 7.40. The predicted molar refractivity (Wildman–Crippen MR) is 79.7 cm³/mol. The van der Waals surface area contributed by atoms with Crippen molar-refractivity contribution in [2.24, 2.45) is 0 Å².